The van der Waals surface area contributed by atoms with Crippen LogP contribution in [0.3, 0.4) is 0 Å². The molecule has 0 spiro atoms. The Hall–Kier alpha value is -0.690. The summed E-state index contributed by atoms with van der Waals surface area (Å²) in [5, 5.41) is 0.731. The maximum absolute atomic E-state index is 11.3. The van der Waals surface area contributed by atoms with Crippen molar-refractivity contribution in [3.8, 4) is 0 Å². The Morgan fingerprint density at radius 2 is 1.58 bits per heavy atom. The van der Waals surface area contributed by atoms with E-state index in [1.54, 1.807) is 25.7 Å². The molecule has 0 aliphatic rings. The van der Waals surface area contributed by atoms with E-state index in [1.165, 1.54) is 6.33 Å². The van der Waals surface area contributed by atoms with Gasteiger partial charge in [0.05, 0.1) is 0 Å². The van der Waals surface area contributed by atoms with Crippen molar-refractivity contribution in [1.29, 1.82) is 0 Å². The van der Waals surface area contributed by atoms with Crippen molar-refractivity contribution in [3.63, 3.8) is 0 Å². The molecule has 0 aromatic carbocycles. The number of nitrogens with zero attached hydrogens (tertiary/aromatic N) is 2. The van der Waals surface area contributed by atoms with Crippen LogP contribution in [0.1, 0.15) is 13.8 Å². The van der Waals surface area contributed by atoms with Crippen LogP contribution in [0, 0.1) is 0 Å². The summed E-state index contributed by atoms with van der Waals surface area (Å²) in [4.78, 5) is 7.54. The summed E-state index contributed by atoms with van der Waals surface area (Å²) in [6.45, 7) is 7.40. The maximum Gasteiger partial charge on any atom is 0.115 e. The Balaban J connectivity index is 0.000000561. The van der Waals surface area contributed by atoms with E-state index < -0.39 is 7.14 Å². The largest absolute Gasteiger partial charge is 0.319 e. The second-order valence-corrected chi connectivity index (χ2v) is 5.67. The highest BCUT2D eigenvalue weighted by Gasteiger charge is 2.09. The zero-order valence-corrected chi connectivity index (χ0v) is 8.88. The van der Waals surface area contributed by atoms with E-state index in [0.717, 1.165) is 5.30 Å². The molecule has 1 rings (SSSR count). The Kier molecular flexibility index (Phi) is 4.75. The van der Waals surface area contributed by atoms with Gasteiger partial charge in [0.2, 0.25) is 0 Å². The summed E-state index contributed by atoms with van der Waals surface area (Å²) < 4.78 is 11.3. The lowest BCUT2D eigenvalue weighted by molar-refractivity contribution is 0.588. The number of aromatic nitrogens is 2. The van der Waals surface area contributed by atoms with Crippen molar-refractivity contribution in [3.05, 3.63) is 18.7 Å². The molecular weight excluding hydrogens is 171 g/mol. The predicted octanol–water partition coefficient (Wildman–Crippen LogP) is 1.75. The van der Waals surface area contributed by atoms with Gasteiger partial charge in [-0.05, 0) is 13.3 Å². The first kappa shape index (κ1) is 11.3. The highest BCUT2D eigenvalue weighted by atomic mass is 31.2. The van der Waals surface area contributed by atoms with Crippen LogP contribution in [0.4, 0.5) is 0 Å². The molecule has 1 aromatic rings. The highest BCUT2D eigenvalue weighted by Crippen LogP contribution is 2.33. The predicted molar refractivity (Wildman–Crippen MR) is 52.5 cm³/mol. The van der Waals surface area contributed by atoms with Crippen molar-refractivity contribution in [2.45, 2.75) is 13.8 Å². The normalized spacial score (nSPS) is 10.0. The van der Waals surface area contributed by atoms with Crippen LogP contribution in [0.25, 0.3) is 0 Å². The lowest BCUT2D eigenvalue weighted by Crippen LogP contribution is -2.03. The minimum absolute atomic E-state index is 0.731. The van der Waals surface area contributed by atoms with Crippen molar-refractivity contribution in [2.24, 2.45) is 0 Å². The van der Waals surface area contributed by atoms with Crippen LogP contribution in [-0.4, -0.2) is 23.3 Å². The fraction of sp³-hybridized carbons (Fsp3) is 0.500. The van der Waals surface area contributed by atoms with Gasteiger partial charge >= 0.3 is 0 Å². The molecular formula is C8H15N2OP. The molecule has 68 valence electrons. The van der Waals surface area contributed by atoms with E-state index in [2.05, 4.69) is 9.97 Å². The van der Waals surface area contributed by atoms with Crippen molar-refractivity contribution in [1.82, 2.24) is 9.97 Å². The molecule has 0 amide bonds. The second-order valence-electron chi connectivity index (χ2n) is 2.45. The highest BCUT2D eigenvalue weighted by molar-refractivity contribution is 7.70. The molecule has 12 heavy (non-hydrogen) atoms. The Morgan fingerprint density at radius 3 is 1.83 bits per heavy atom. The average molecular weight is 186 g/mol. The maximum atomic E-state index is 11.3. The Bertz CT molecular complexity index is 255. The topological polar surface area (TPSA) is 42.9 Å². The molecule has 1 heterocycles. The monoisotopic (exact) mass is 186 g/mol. The molecule has 4 heteroatoms. The lowest BCUT2D eigenvalue weighted by Gasteiger charge is -2.02. The molecule has 0 fully saturated rings. The third kappa shape index (κ3) is 3.63. The van der Waals surface area contributed by atoms with Crippen LogP contribution in [0.2, 0.25) is 0 Å². The zero-order chi connectivity index (χ0) is 9.61. The van der Waals surface area contributed by atoms with Crippen molar-refractivity contribution >= 4 is 12.4 Å². The summed E-state index contributed by atoms with van der Waals surface area (Å²) in [5.74, 6) is 0. The SMILES string of the molecule is CC.CP(C)(=O)c1cncnc1. The fourth-order valence-corrected chi connectivity index (χ4v) is 1.26. The molecule has 0 aliphatic heterocycles. The summed E-state index contributed by atoms with van der Waals surface area (Å²) >= 11 is 0. The average Bonchev–Trinajstić information content (AvgIpc) is 2.08. The van der Waals surface area contributed by atoms with Gasteiger partial charge in [0, 0.05) is 17.7 Å². The molecule has 0 unspecified atom stereocenters. The minimum Gasteiger partial charge on any atom is -0.319 e. The van der Waals surface area contributed by atoms with Crippen LogP contribution in [0.5, 0.6) is 0 Å². The van der Waals surface area contributed by atoms with E-state index in [9.17, 15) is 4.57 Å². The Morgan fingerprint density at radius 1 is 1.17 bits per heavy atom. The van der Waals surface area contributed by atoms with Crippen LogP contribution >= 0.6 is 7.14 Å². The first-order valence-corrected chi connectivity index (χ1v) is 6.51. The first-order valence-electron chi connectivity index (χ1n) is 3.91. The molecule has 0 N–H and O–H groups in total. The third-order valence-electron chi connectivity index (χ3n) is 1.17. The van der Waals surface area contributed by atoms with E-state index in [4.69, 9.17) is 0 Å². The fourth-order valence-electron chi connectivity index (χ4n) is 0.569. The number of hydrogen-bond acceptors (Lipinski definition) is 3. The molecule has 1 aromatic heterocycles. The van der Waals surface area contributed by atoms with Crippen molar-refractivity contribution < 1.29 is 4.57 Å². The van der Waals surface area contributed by atoms with Crippen LogP contribution < -0.4 is 5.30 Å². The standard InChI is InChI=1S/C6H9N2OP.C2H6/c1-10(2,9)6-3-7-5-8-4-6;1-2/h3-5H,1-2H3;1-2H3. The third-order valence-corrected chi connectivity index (χ3v) is 2.64. The van der Waals surface area contributed by atoms with Gasteiger partial charge in [-0.3, -0.25) is 0 Å². The quantitative estimate of drug-likeness (QED) is 0.627. The van der Waals surface area contributed by atoms with E-state index in [1.807, 2.05) is 13.8 Å². The summed E-state index contributed by atoms with van der Waals surface area (Å²) in [6, 6.07) is 0. The Labute approximate surface area is 73.6 Å². The van der Waals surface area contributed by atoms with Crippen molar-refractivity contribution in [2.75, 3.05) is 13.3 Å². The van der Waals surface area contributed by atoms with Gasteiger partial charge in [0.25, 0.3) is 0 Å². The second kappa shape index (κ2) is 5.04. The number of rotatable bonds is 1. The van der Waals surface area contributed by atoms with Crippen LogP contribution in [-0.2, 0) is 4.57 Å². The summed E-state index contributed by atoms with van der Waals surface area (Å²) in [7, 11) is -2.14. The molecule has 0 bridgehead atoms. The van der Waals surface area contributed by atoms with Gasteiger partial charge in [0.1, 0.15) is 13.5 Å². The first-order chi connectivity index (χ1) is 5.61. The van der Waals surface area contributed by atoms with E-state index in [-0.39, 0.29) is 0 Å². The molecule has 0 saturated carbocycles. The molecule has 3 nitrogen and oxygen atoms in total. The zero-order valence-electron chi connectivity index (χ0n) is 7.98. The molecule has 0 radical (unpaired) electrons. The molecule has 0 atom stereocenters. The van der Waals surface area contributed by atoms with E-state index in [0.29, 0.717) is 0 Å². The molecule has 0 aliphatic carbocycles. The van der Waals surface area contributed by atoms with Gasteiger partial charge in [-0.2, -0.15) is 0 Å². The molecule has 0 saturated heterocycles. The lowest BCUT2D eigenvalue weighted by atomic mass is 10.7. The minimum atomic E-state index is -2.14. The van der Waals surface area contributed by atoms with Gasteiger partial charge < -0.3 is 4.57 Å². The van der Waals surface area contributed by atoms with Gasteiger partial charge in [-0.25, -0.2) is 9.97 Å². The van der Waals surface area contributed by atoms with E-state index >= 15 is 0 Å². The number of hydrogen-bond donors (Lipinski definition) is 0. The van der Waals surface area contributed by atoms with Gasteiger partial charge in [0.15, 0.2) is 0 Å². The van der Waals surface area contributed by atoms with Crippen LogP contribution in [0.15, 0.2) is 18.7 Å². The summed E-state index contributed by atoms with van der Waals surface area (Å²) in [5.41, 5.74) is 0. The smallest absolute Gasteiger partial charge is 0.115 e. The van der Waals surface area contributed by atoms with Gasteiger partial charge in [-0.1, -0.05) is 13.8 Å². The van der Waals surface area contributed by atoms with Gasteiger partial charge in [-0.15, -0.1) is 0 Å². The summed E-state index contributed by atoms with van der Waals surface area (Å²) in [6.07, 6.45) is 4.61.